The van der Waals surface area contributed by atoms with E-state index in [-0.39, 0.29) is 0 Å². The van der Waals surface area contributed by atoms with Crippen molar-refractivity contribution in [2.24, 2.45) is 0 Å². The van der Waals surface area contributed by atoms with E-state index < -0.39 is 24.1 Å². The smallest absolute Gasteiger partial charge is 0.399 e. The molecule has 6 heteroatoms. The zero-order chi connectivity index (χ0) is 19.7. The highest BCUT2D eigenvalue weighted by Gasteiger charge is 2.53. The summed E-state index contributed by atoms with van der Waals surface area (Å²) in [6.07, 6.45) is 0.849. The van der Waals surface area contributed by atoms with Crippen LogP contribution in [0.5, 0.6) is 0 Å². The number of carbonyl (C=O) groups excluding carboxylic acids is 1. The third kappa shape index (κ3) is 2.32. The van der Waals surface area contributed by atoms with Crippen molar-refractivity contribution in [1.82, 2.24) is 0 Å². The molecule has 1 spiro atoms. The zero-order valence-electron chi connectivity index (χ0n) is 16.6. The number of hydrogen-bond donors (Lipinski definition) is 0. The first kappa shape index (κ1) is 18.1. The first-order valence-electron chi connectivity index (χ1n) is 9.65. The van der Waals surface area contributed by atoms with Crippen LogP contribution in [0.25, 0.3) is 11.1 Å². The Morgan fingerprint density at radius 3 is 2.04 bits per heavy atom. The first-order valence-corrected chi connectivity index (χ1v) is 9.65. The Kier molecular flexibility index (Phi) is 3.72. The second kappa shape index (κ2) is 5.77. The molecule has 2 aromatic rings. The van der Waals surface area contributed by atoms with E-state index >= 15 is 0 Å². The van der Waals surface area contributed by atoms with Gasteiger partial charge in [0, 0.05) is 16.7 Å². The van der Waals surface area contributed by atoms with Crippen LogP contribution in [0, 0.1) is 0 Å². The number of fused-ring (bicyclic) bond motifs is 5. The number of benzene rings is 2. The van der Waals surface area contributed by atoms with Gasteiger partial charge in [0.25, 0.3) is 0 Å². The van der Waals surface area contributed by atoms with Gasteiger partial charge >= 0.3 is 7.12 Å². The molecule has 5 nitrogen and oxygen atoms in total. The fourth-order valence-corrected chi connectivity index (χ4v) is 4.21. The maximum Gasteiger partial charge on any atom is 0.494 e. The highest BCUT2D eigenvalue weighted by molar-refractivity contribution is 6.62. The molecular weight excluding hydrogens is 355 g/mol. The molecule has 2 aromatic carbocycles. The SMILES string of the molecule is CC1(C)OB(c2ccc3c(c2)C2(OCCO2)c2cc(C=O)ccc2-3)OC1(C)C. The van der Waals surface area contributed by atoms with Crippen LogP contribution in [0.2, 0.25) is 0 Å². The molecule has 0 unspecified atom stereocenters. The lowest BCUT2D eigenvalue weighted by Crippen LogP contribution is -2.41. The Balaban J connectivity index is 1.63. The molecule has 0 radical (unpaired) electrons. The number of rotatable bonds is 2. The molecule has 0 bridgehead atoms. The van der Waals surface area contributed by atoms with Gasteiger partial charge < -0.3 is 18.8 Å². The molecule has 2 saturated heterocycles. The van der Waals surface area contributed by atoms with Crippen molar-refractivity contribution in [3.05, 3.63) is 53.1 Å². The average Bonchev–Trinajstić information content (AvgIpc) is 3.31. The monoisotopic (exact) mass is 378 g/mol. The fraction of sp³-hybridized carbons (Fsp3) is 0.409. The van der Waals surface area contributed by atoms with Crippen molar-refractivity contribution in [1.29, 1.82) is 0 Å². The molecule has 2 heterocycles. The summed E-state index contributed by atoms with van der Waals surface area (Å²) in [5, 5.41) is 0. The summed E-state index contributed by atoms with van der Waals surface area (Å²) in [7, 11) is -0.456. The van der Waals surface area contributed by atoms with Gasteiger partial charge in [0.05, 0.1) is 24.4 Å². The van der Waals surface area contributed by atoms with E-state index in [0.717, 1.165) is 34.0 Å². The van der Waals surface area contributed by atoms with Crippen LogP contribution in [0.3, 0.4) is 0 Å². The van der Waals surface area contributed by atoms with Crippen molar-refractivity contribution >= 4 is 18.9 Å². The first-order chi connectivity index (χ1) is 13.3. The van der Waals surface area contributed by atoms with Crippen molar-refractivity contribution < 1.29 is 23.6 Å². The summed E-state index contributed by atoms with van der Waals surface area (Å²) in [6.45, 7) is 9.18. The third-order valence-corrected chi connectivity index (χ3v) is 6.44. The minimum absolute atomic E-state index is 0.406. The Morgan fingerprint density at radius 1 is 0.857 bits per heavy atom. The topological polar surface area (TPSA) is 54.0 Å². The van der Waals surface area contributed by atoms with Crippen LogP contribution < -0.4 is 5.46 Å². The van der Waals surface area contributed by atoms with Crippen LogP contribution in [-0.4, -0.2) is 37.8 Å². The summed E-state index contributed by atoms with van der Waals surface area (Å²) in [6, 6.07) is 11.8. The van der Waals surface area contributed by atoms with E-state index in [1.807, 2.05) is 52.0 Å². The maximum atomic E-state index is 11.3. The summed E-state index contributed by atoms with van der Waals surface area (Å²) in [4.78, 5) is 11.3. The third-order valence-electron chi connectivity index (χ3n) is 6.44. The van der Waals surface area contributed by atoms with Gasteiger partial charge in [-0.15, -0.1) is 0 Å². The summed E-state index contributed by atoms with van der Waals surface area (Å²) in [5.41, 5.74) is 4.63. The summed E-state index contributed by atoms with van der Waals surface area (Å²) < 4.78 is 24.7. The molecule has 28 heavy (non-hydrogen) atoms. The van der Waals surface area contributed by atoms with E-state index in [9.17, 15) is 4.79 Å². The Bertz CT molecular complexity index is 959. The fourth-order valence-electron chi connectivity index (χ4n) is 4.21. The Morgan fingerprint density at radius 2 is 1.43 bits per heavy atom. The van der Waals surface area contributed by atoms with Gasteiger partial charge in [-0.05, 0) is 50.4 Å². The molecule has 2 aliphatic heterocycles. The quantitative estimate of drug-likeness (QED) is 0.594. The van der Waals surface area contributed by atoms with Crippen LogP contribution >= 0.6 is 0 Å². The highest BCUT2D eigenvalue weighted by atomic mass is 16.7. The predicted octanol–water partition coefficient (Wildman–Crippen LogP) is 3.03. The lowest BCUT2D eigenvalue weighted by molar-refractivity contribution is -0.126. The van der Waals surface area contributed by atoms with Crippen molar-refractivity contribution in [3.8, 4) is 11.1 Å². The largest absolute Gasteiger partial charge is 0.494 e. The van der Waals surface area contributed by atoms with E-state index in [2.05, 4.69) is 12.1 Å². The van der Waals surface area contributed by atoms with Gasteiger partial charge in [0.15, 0.2) is 0 Å². The minimum Gasteiger partial charge on any atom is -0.399 e. The predicted molar refractivity (Wildman–Crippen MR) is 106 cm³/mol. The molecule has 3 aliphatic rings. The van der Waals surface area contributed by atoms with Gasteiger partial charge in [-0.1, -0.05) is 30.3 Å². The molecule has 5 rings (SSSR count). The van der Waals surface area contributed by atoms with Gasteiger partial charge in [0.1, 0.15) is 6.29 Å². The number of aldehydes is 1. The van der Waals surface area contributed by atoms with Crippen molar-refractivity contribution in [3.63, 3.8) is 0 Å². The van der Waals surface area contributed by atoms with Crippen LogP contribution in [0.1, 0.15) is 49.2 Å². The highest BCUT2D eigenvalue weighted by Crippen LogP contribution is 2.52. The molecule has 1 aliphatic carbocycles. The van der Waals surface area contributed by atoms with Crippen molar-refractivity contribution in [2.45, 2.75) is 44.7 Å². The molecule has 2 fully saturated rings. The van der Waals surface area contributed by atoms with Crippen LogP contribution in [0.15, 0.2) is 36.4 Å². The standard InChI is InChI=1S/C22H23BO5/c1-20(2)21(3,4)28-23(27-20)15-6-8-17-16-7-5-14(13-24)11-18(16)22(19(17)12-15)25-9-10-26-22/h5-8,11-13H,9-10H2,1-4H3. The van der Waals surface area contributed by atoms with E-state index in [0.29, 0.717) is 18.8 Å². The number of hydrogen-bond acceptors (Lipinski definition) is 5. The molecule has 144 valence electrons. The van der Waals surface area contributed by atoms with Gasteiger partial charge in [-0.25, -0.2) is 0 Å². The van der Waals surface area contributed by atoms with E-state index in [4.69, 9.17) is 18.8 Å². The van der Waals surface area contributed by atoms with E-state index in [1.165, 1.54) is 0 Å². The van der Waals surface area contributed by atoms with Crippen LogP contribution in [0.4, 0.5) is 0 Å². The van der Waals surface area contributed by atoms with Crippen LogP contribution in [-0.2, 0) is 24.6 Å². The Hall–Kier alpha value is -1.99. The summed E-state index contributed by atoms with van der Waals surface area (Å²) >= 11 is 0. The molecule has 0 atom stereocenters. The normalized spacial score (nSPS) is 23.1. The van der Waals surface area contributed by atoms with Gasteiger partial charge in [-0.3, -0.25) is 4.79 Å². The number of ether oxygens (including phenoxy) is 2. The average molecular weight is 378 g/mol. The lowest BCUT2D eigenvalue weighted by atomic mass is 9.77. The molecule has 0 N–H and O–H groups in total. The second-order valence-corrected chi connectivity index (χ2v) is 8.63. The Labute approximate surface area is 165 Å². The van der Waals surface area contributed by atoms with Crippen molar-refractivity contribution in [2.75, 3.05) is 13.2 Å². The molecule has 0 amide bonds. The molecule has 0 aromatic heterocycles. The van der Waals surface area contributed by atoms with Gasteiger partial charge in [-0.2, -0.15) is 0 Å². The van der Waals surface area contributed by atoms with E-state index in [1.54, 1.807) is 0 Å². The number of carbonyl (C=O) groups is 1. The molecule has 0 saturated carbocycles. The zero-order valence-corrected chi connectivity index (χ0v) is 16.6. The summed E-state index contributed by atoms with van der Waals surface area (Å²) in [5.74, 6) is -0.969. The minimum atomic E-state index is -0.969. The lowest BCUT2D eigenvalue weighted by Gasteiger charge is -2.32. The maximum absolute atomic E-state index is 11.3. The van der Waals surface area contributed by atoms with Gasteiger partial charge in [0.2, 0.25) is 5.79 Å². The molecular formula is C22H23BO5. The second-order valence-electron chi connectivity index (χ2n) is 8.63.